The zero-order chi connectivity index (χ0) is 18.6. The van der Waals surface area contributed by atoms with Crippen molar-refractivity contribution in [2.24, 2.45) is 5.73 Å². The first-order chi connectivity index (χ1) is 12.4. The minimum atomic E-state index is -4.21. The minimum absolute atomic E-state index is 0.246. The summed E-state index contributed by atoms with van der Waals surface area (Å²) in [4.78, 5) is 5.36. The van der Waals surface area contributed by atoms with Crippen LogP contribution in [0.15, 0.2) is 73.1 Å². The number of fused-ring (bicyclic) bond motifs is 2. The molecular weight excluding hydrogens is 339 g/mol. The van der Waals surface area contributed by atoms with Crippen LogP contribution in [0.5, 0.6) is 0 Å². The Morgan fingerprint density at radius 2 is 1.65 bits per heavy atom. The molecule has 0 radical (unpaired) electrons. The van der Waals surface area contributed by atoms with Gasteiger partial charge < -0.3 is 10.6 Å². The molecule has 2 N–H and O–H groups in total. The number of hydrogen-bond acceptors (Lipinski definition) is 3. The number of alkyl halides is 3. The Morgan fingerprint density at radius 3 is 2.42 bits per heavy atom. The first-order valence-electron chi connectivity index (χ1n) is 8.08. The maximum Gasteiger partial charge on any atom is 0.405 e. The molecule has 0 unspecified atom stereocenters. The average molecular weight is 357 g/mol. The number of aromatic nitrogens is 1. The predicted molar refractivity (Wildman–Crippen MR) is 96.8 cm³/mol. The summed E-state index contributed by atoms with van der Waals surface area (Å²) in [7, 11) is 0. The van der Waals surface area contributed by atoms with Crippen LogP contribution in [0.4, 0.5) is 13.2 Å². The number of rotatable bonds is 1. The molecule has 1 aliphatic rings. The van der Waals surface area contributed by atoms with Gasteiger partial charge in [-0.2, -0.15) is 13.2 Å². The molecule has 0 amide bonds. The molecule has 26 heavy (non-hydrogen) atoms. The normalized spacial score (nSPS) is 13.5. The first-order valence-corrected chi connectivity index (χ1v) is 8.08. The van der Waals surface area contributed by atoms with E-state index in [9.17, 15) is 13.2 Å². The molecule has 0 saturated carbocycles. The van der Waals surface area contributed by atoms with Gasteiger partial charge in [0.2, 0.25) is 0 Å². The largest absolute Gasteiger partial charge is 0.405 e. The maximum absolute atomic E-state index is 12.2. The molecule has 2 heterocycles. The average Bonchev–Trinajstić information content (AvgIpc) is 2.61. The standard InChI is InChI=1S/C11H11F3N2.C9H7N/c12-11(13,14)7-16-5-8-3-1-2-4-9(8)10(15)6-16;1-2-6-9-8(4-1)5-3-7-10-9/h1-4,6H,5,7,15H2;1-7H. The number of para-hydroxylation sites is 1. The van der Waals surface area contributed by atoms with Crippen molar-refractivity contribution in [3.63, 3.8) is 0 Å². The van der Waals surface area contributed by atoms with Gasteiger partial charge in [0.15, 0.2) is 0 Å². The summed E-state index contributed by atoms with van der Waals surface area (Å²) in [6.45, 7) is -0.724. The highest BCUT2D eigenvalue weighted by atomic mass is 19.4. The van der Waals surface area contributed by atoms with Gasteiger partial charge in [-0.1, -0.05) is 48.5 Å². The second-order valence-corrected chi connectivity index (χ2v) is 5.96. The van der Waals surface area contributed by atoms with E-state index in [2.05, 4.69) is 17.1 Å². The lowest BCUT2D eigenvalue weighted by atomic mass is 10.0. The van der Waals surface area contributed by atoms with Crippen LogP contribution in [0.1, 0.15) is 11.1 Å². The molecule has 3 nitrogen and oxygen atoms in total. The zero-order valence-electron chi connectivity index (χ0n) is 13.9. The summed E-state index contributed by atoms with van der Waals surface area (Å²) < 4.78 is 36.7. The van der Waals surface area contributed by atoms with Gasteiger partial charge in [0.05, 0.1) is 11.2 Å². The summed E-state index contributed by atoms with van der Waals surface area (Å²) in [6.07, 6.45) is -1.04. The van der Waals surface area contributed by atoms with Crippen molar-refractivity contribution in [3.05, 3.63) is 84.2 Å². The molecule has 0 fully saturated rings. The van der Waals surface area contributed by atoms with E-state index in [4.69, 9.17) is 5.73 Å². The predicted octanol–water partition coefficient (Wildman–Crippen LogP) is 4.56. The number of nitrogens with two attached hydrogens (primary N) is 1. The first kappa shape index (κ1) is 17.8. The number of halogens is 3. The Morgan fingerprint density at radius 1 is 0.962 bits per heavy atom. The fraction of sp³-hybridized carbons (Fsp3) is 0.150. The molecule has 1 aromatic heterocycles. The van der Waals surface area contributed by atoms with E-state index in [1.807, 2.05) is 42.6 Å². The van der Waals surface area contributed by atoms with E-state index < -0.39 is 12.7 Å². The fourth-order valence-corrected chi connectivity index (χ4v) is 2.82. The lowest BCUT2D eigenvalue weighted by Crippen LogP contribution is -2.32. The van der Waals surface area contributed by atoms with Crippen LogP contribution in [0, 0.1) is 0 Å². The van der Waals surface area contributed by atoms with Crippen molar-refractivity contribution < 1.29 is 13.2 Å². The molecule has 134 valence electrons. The third-order valence-electron chi connectivity index (χ3n) is 3.92. The van der Waals surface area contributed by atoms with Crippen LogP contribution in [0.3, 0.4) is 0 Å². The molecule has 6 heteroatoms. The number of hydrogen-bond donors (Lipinski definition) is 1. The van der Waals surface area contributed by atoms with Gasteiger partial charge in [-0.15, -0.1) is 0 Å². The van der Waals surface area contributed by atoms with E-state index >= 15 is 0 Å². The monoisotopic (exact) mass is 357 g/mol. The second-order valence-electron chi connectivity index (χ2n) is 5.96. The summed E-state index contributed by atoms with van der Waals surface area (Å²) in [5, 5.41) is 1.20. The van der Waals surface area contributed by atoms with Crippen LogP contribution in [-0.2, 0) is 6.54 Å². The highest BCUT2D eigenvalue weighted by Gasteiger charge is 2.31. The Bertz CT molecular complexity index is 854. The smallest absolute Gasteiger partial charge is 0.397 e. The zero-order valence-corrected chi connectivity index (χ0v) is 13.9. The van der Waals surface area contributed by atoms with Gasteiger partial charge in [-0.3, -0.25) is 4.98 Å². The highest BCUT2D eigenvalue weighted by Crippen LogP contribution is 2.26. The fourth-order valence-electron chi connectivity index (χ4n) is 2.82. The van der Waals surface area contributed by atoms with Crippen molar-refractivity contribution in [1.29, 1.82) is 0 Å². The van der Waals surface area contributed by atoms with Gasteiger partial charge >= 0.3 is 6.18 Å². The molecular formula is C20H18F3N3. The number of nitrogens with zero attached hydrogens (tertiary/aromatic N) is 2. The Balaban J connectivity index is 0.000000167. The van der Waals surface area contributed by atoms with Crippen molar-refractivity contribution in [2.75, 3.05) is 6.54 Å². The Labute approximate surface area is 149 Å². The lowest BCUT2D eigenvalue weighted by molar-refractivity contribution is -0.141. The molecule has 0 aliphatic carbocycles. The van der Waals surface area contributed by atoms with Crippen LogP contribution >= 0.6 is 0 Å². The molecule has 1 aliphatic heterocycles. The topological polar surface area (TPSA) is 42.1 Å². The molecule has 4 rings (SSSR count). The lowest BCUT2D eigenvalue weighted by Gasteiger charge is -2.28. The number of benzene rings is 2. The summed E-state index contributed by atoms with van der Waals surface area (Å²) in [5.41, 5.74) is 8.79. The van der Waals surface area contributed by atoms with Crippen molar-refractivity contribution >= 4 is 16.6 Å². The molecule has 2 aromatic carbocycles. The van der Waals surface area contributed by atoms with Gasteiger partial charge in [-0.25, -0.2) is 0 Å². The molecule has 0 atom stereocenters. The van der Waals surface area contributed by atoms with Gasteiger partial charge in [0, 0.05) is 29.9 Å². The Hall–Kier alpha value is -3.02. The quantitative estimate of drug-likeness (QED) is 0.694. The van der Waals surface area contributed by atoms with Crippen LogP contribution in [-0.4, -0.2) is 22.6 Å². The van der Waals surface area contributed by atoms with E-state index in [-0.39, 0.29) is 6.54 Å². The van der Waals surface area contributed by atoms with E-state index in [0.717, 1.165) is 16.6 Å². The van der Waals surface area contributed by atoms with Crippen molar-refractivity contribution in [2.45, 2.75) is 12.7 Å². The molecule has 0 saturated heterocycles. The van der Waals surface area contributed by atoms with E-state index in [0.29, 0.717) is 5.70 Å². The SMILES string of the molecule is NC1=CN(CC(F)(F)F)Cc2ccccc21.c1ccc2ncccc2c1. The summed E-state index contributed by atoms with van der Waals surface area (Å²) in [6, 6.07) is 19.3. The van der Waals surface area contributed by atoms with E-state index in [1.54, 1.807) is 12.1 Å². The van der Waals surface area contributed by atoms with Crippen LogP contribution in [0.25, 0.3) is 16.6 Å². The molecule has 0 bridgehead atoms. The summed E-state index contributed by atoms with van der Waals surface area (Å²) in [5.74, 6) is 0. The minimum Gasteiger partial charge on any atom is -0.397 e. The third-order valence-corrected chi connectivity index (χ3v) is 3.92. The van der Waals surface area contributed by atoms with Crippen LogP contribution in [0.2, 0.25) is 0 Å². The third kappa shape index (κ3) is 4.53. The summed E-state index contributed by atoms with van der Waals surface area (Å²) >= 11 is 0. The second kappa shape index (κ2) is 7.47. The highest BCUT2D eigenvalue weighted by molar-refractivity contribution is 5.77. The number of pyridine rings is 1. The van der Waals surface area contributed by atoms with Crippen LogP contribution < -0.4 is 5.73 Å². The molecule has 3 aromatic rings. The van der Waals surface area contributed by atoms with Crippen molar-refractivity contribution in [3.8, 4) is 0 Å². The van der Waals surface area contributed by atoms with Gasteiger partial charge in [0.25, 0.3) is 0 Å². The van der Waals surface area contributed by atoms with E-state index in [1.165, 1.54) is 16.5 Å². The molecule has 0 spiro atoms. The van der Waals surface area contributed by atoms with Gasteiger partial charge in [-0.05, 0) is 17.7 Å². The Kier molecular flexibility index (Phi) is 5.11. The maximum atomic E-state index is 12.2. The van der Waals surface area contributed by atoms with Gasteiger partial charge in [0.1, 0.15) is 6.54 Å². The van der Waals surface area contributed by atoms with Crippen molar-refractivity contribution in [1.82, 2.24) is 9.88 Å².